The van der Waals surface area contributed by atoms with Gasteiger partial charge in [-0.1, -0.05) is 11.3 Å². The zero-order chi connectivity index (χ0) is 17.1. The SMILES string of the molecule is O=C(c1ccc([N+](=O)[O-])s1)N1CCCC(C(=O)N2CCOCC2)C1. The van der Waals surface area contributed by atoms with Crippen molar-refractivity contribution in [2.75, 3.05) is 39.4 Å². The number of hydrogen-bond acceptors (Lipinski definition) is 6. The molecule has 2 aliphatic heterocycles. The van der Waals surface area contributed by atoms with Gasteiger partial charge in [0, 0.05) is 32.2 Å². The molecule has 0 bridgehead atoms. The molecule has 0 spiro atoms. The minimum atomic E-state index is -0.498. The third-order valence-electron chi connectivity index (χ3n) is 4.36. The van der Waals surface area contributed by atoms with E-state index in [1.165, 1.54) is 12.1 Å². The maximum Gasteiger partial charge on any atom is 0.324 e. The third-order valence-corrected chi connectivity index (χ3v) is 5.39. The molecule has 2 amide bonds. The predicted octanol–water partition coefficient (Wildman–Crippen LogP) is 1.37. The number of carbonyl (C=O) groups is 2. The Morgan fingerprint density at radius 1 is 1.21 bits per heavy atom. The second-order valence-corrected chi connectivity index (χ2v) is 6.99. The summed E-state index contributed by atoms with van der Waals surface area (Å²) in [6, 6.07) is 2.83. The minimum Gasteiger partial charge on any atom is -0.378 e. The lowest BCUT2D eigenvalue weighted by Crippen LogP contribution is -2.49. The van der Waals surface area contributed by atoms with E-state index in [-0.39, 0.29) is 22.7 Å². The number of piperidine rings is 1. The van der Waals surface area contributed by atoms with Crippen LogP contribution in [0.2, 0.25) is 0 Å². The molecule has 1 unspecified atom stereocenters. The highest BCUT2D eigenvalue weighted by molar-refractivity contribution is 7.17. The molecular weight excluding hydrogens is 334 g/mol. The minimum absolute atomic E-state index is 0.0451. The van der Waals surface area contributed by atoms with Crippen LogP contribution in [-0.2, 0) is 9.53 Å². The van der Waals surface area contributed by atoms with E-state index < -0.39 is 4.92 Å². The Morgan fingerprint density at radius 2 is 1.96 bits per heavy atom. The predicted molar refractivity (Wildman–Crippen MR) is 87.0 cm³/mol. The van der Waals surface area contributed by atoms with E-state index >= 15 is 0 Å². The number of morpholine rings is 1. The van der Waals surface area contributed by atoms with Crippen LogP contribution < -0.4 is 0 Å². The Labute approximate surface area is 143 Å². The highest BCUT2D eigenvalue weighted by Crippen LogP contribution is 2.27. The lowest BCUT2D eigenvalue weighted by molar-refractivity contribution is -0.380. The number of nitro groups is 1. The van der Waals surface area contributed by atoms with Gasteiger partial charge in [0.15, 0.2) is 0 Å². The van der Waals surface area contributed by atoms with Crippen LogP contribution in [0.1, 0.15) is 22.5 Å². The molecule has 0 saturated carbocycles. The molecule has 0 aromatic carbocycles. The second kappa shape index (κ2) is 7.27. The Balaban J connectivity index is 1.64. The zero-order valence-electron chi connectivity index (χ0n) is 13.2. The van der Waals surface area contributed by atoms with Gasteiger partial charge in [-0.3, -0.25) is 19.7 Å². The summed E-state index contributed by atoms with van der Waals surface area (Å²) in [6.07, 6.45) is 1.53. The van der Waals surface area contributed by atoms with Crippen molar-refractivity contribution in [3.63, 3.8) is 0 Å². The van der Waals surface area contributed by atoms with Crippen LogP contribution in [-0.4, -0.2) is 65.9 Å². The number of nitrogens with zero attached hydrogens (tertiary/aromatic N) is 3. The first kappa shape index (κ1) is 16.8. The molecular formula is C15H19N3O5S. The molecule has 0 N–H and O–H groups in total. The van der Waals surface area contributed by atoms with Gasteiger partial charge in [0.05, 0.1) is 28.9 Å². The van der Waals surface area contributed by atoms with E-state index in [1.54, 1.807) is 9.80 Å². The van der Waals surface area contributed by atoms with E-state index in [0.29, 0.717) is 44.3 Å². The highest BCUT2D eigenvalue weighted by Gasteiger charge is 2.32. The molecule has 130 valence electrons. The fourth-order valence-electron chi connectivity index (χ4n) is 3.10. The number of likely N-dealkylation sites (tertiary alicyclic amines) is 1. The summed E-state index contributed by atoms with van der Waals surface area (Å²) >= 11 is 0.878. The standard InChI is InChI=1S/C15H19N3O5S/c19-14(16-6-8-23-9-7-16)11-2-1-5-17(10-11)15(20)12-3-4-13(24-12)18(21)22/h3-4,11H,1-2,5-10H2. The number of hydrogen-bond donors (Lipinski definition) is 0. The highest BCUT2D eigenvalue weighted by atomic mass is 32.1. The molecule has 24 heavy (non-hydrogen) atoms. The zero-order valence-corrected chi connectivity index (χ0v) is 14.0. The van der Waals surface area contributed by atoms with Crippen LogP contribution in [0, 0.1) is 16.0 Å². The van der Waals surface area contributed by atoms with Gasteiger partial charge in [0.1, 0.15) is 0 Å². The first-order valence-corrected chi connectivity index (χ1v) is 8.78. The van der Waals surface area contributed by atoms with Crippen LogP contribution in [0.3, 0.4) is 0 Å². The van der Waals surface area contributed by atoms with Crippen molar-refractivity contribution in [2.45, 2.75) is 12.8 Å². The van der Waals surface area contributed by atoms with Gasteiger partial charge in [-0.2, -0.15) is 0 Å². The Morgan fingerprint density at radius 3 is 2.62 bits per heavy atom. The van der Waals surface area contributed by atoms with Crippen LogP contribution in [0.4, 0.5) is 5.00 Å². The van der Waals surface area contributed by atoms with Crippen LogP contribution in [0.5, 0.6) is 0 Å². The number of ether oxygens (including phenoxy) is 1. The van der Waals surface area contributed by atoms with Crippen LogP contribution in [0.25, 0.3) is 0 Å². The lowest BCUT2D eigenvalue weighted by atomic mass is 9.96. The number of thiophene rings is 1. The van der Waals surface area contributed by atoms with Crippen molar-refractivity contribution < 1.29 is 19.2 Å². The van der Waals surface area contributed by atoms with E-state index in [2.05, 4.69) is 0 Å². The van der Waals surface area contributed by atoms with Gasteiger partial charge in [-0.15, -0.1) is 0 Å². The van der Waals surface area contributed by atoms with Gasteiger partial charge >= 0.3 is 5.00 Å². The molecule has 1 aromatic rings. The summed E-state index contributed by atoms with van der Waals surface area (Å²) < 4.78 is 5.26. The molecule has 1 aromatic heterocycles. The summed E-state index contributed by atoms with van der Waals surface area (Å²) in [5.74, 6) is -0.351. The molecule has 1 atom stereocenters. The number of amides is 2. The maximum atomic E-state index is 12.6. The fraction of sp³-hybridized carbons (Fsp3) is 0.600. The normalized spacial score (nSPS) is 21.6. The molecule has 8 nitrogen and oxygen atoms in total. The Hall–Kier alpha value is -2.00. The topological polar surface area (TPSA) is 93.0 Å². The maximum absolute atomic E-state index is 12.6. The van der Waals surface area contributed by atoms with E-state index in [9.17, 15) is 19.7 Å². The average molecular weight is 353 g/mol. The van der Waals surface area contributed by atoms with Gasteiger partial charge in [0.25, 0.3) is 5.91 Å². The molecule has 3 heterocycles. The lowest BCUT2D eigenvalue weighted by Gasteiger charge is -2.36. The number of carbonyl (C=O) groups excluding carboxylic acids is 2. The monoisotopic (exact) mass is 353 g/mol. The summed E-state index contributed by atoms with van der Waals surface area (Å²) in [5.41, 5.74) is 0. The van der Waals surface area contributed by atoms with Crippen molar-refractivity contribution in [3.05, 3.63) is 27.1 Å². The molecule has 0 radical (unpaired) electrons. The van der Waals surface area contributed by atoms with E-state index in [1.807, 2.05) is 0 Å². The van der Waals surface area contributed by atoms with E-state index in [0.717, 1.165) is 24.2 Å². The molecule has 2 saturated heterocycles. The summed E-state index contributed by atoms with van der Waals surface area (Å²) in [4.78, 5) is 39.2. The number of rotatable bonds is 3. The summed E-state index contributed by atoms with van der Waals surface area (Å²) in [7, 11) is 0. The summed E-state index contributed by atoms with van der Waals surface area (Å²) in [5, 5.41) is 10.7. The van der Waals surface area contributed by atoms with Crippen molar-refractivity contribution in [3.8, 4) is 0 Å². The van der Waals surface area contributed by atoms with Crippen molar-refractivity contribution in [2.24, 2.45) is 5.92 Å². The smallest absolute Gasteiger partial charge is 0.324 e. The largest absolute Gasteiger partial charge is 0.378 e. The van der Waals surface area contributed by atoms with Gasteiger partial charge in [-0.05, 0) is 18.9 Å². The Kier molecular flexibility index (Phi) is 5.10. The Bertz CT molecular complexity index is 641. The van der Waals surface area contributed by atoms with Crippen molar-refractivity contribution >= 4 is 28.2 Å². The average Bonchev–Trinajstić information content (AvgIpc) is 3.12. The molecule has 0 aliphatic carbocycles. The first-order valence-electron chi connectivity index (χ1n) is 7.96. The quantitative estimate of drug-likeness (QED) is 0.604. The van der Waals surface area contributed by atoms with Gasteiger partial charge in [-0.25, -0.2) is 0 Å². The molecule has 2 fully saturated rings. The van der Waals surface area contributed by atoms with Crippen molar-refractivity contribution in [1.82, 2.24) is 9.80 Å². The second-order valence-electron chi connectivity index (χ2n) is 5.92. The molecule has 9 heteroatoms. The van der Waals surface area contributed by atoms with Gasteiger partial charge in [0.2, 0.25) is 5.91 Å². The first-order chi connectivity index (χ1) is 11.6. The summed E-state index contributed by atoms with van der Waals surface area (Å²) in [6.45, 7) is 3.26. The molecule has 3 rings (SSSR count). The fourth-order valence-corrected chi connectivity index (χ4v) is 3.89. The third kappa shape index (κ3) is 3.57. The van der Waals surface area contributed by atoms with E-state index in [4.69, 9.17) is 4.74 Å². The van der Waals surface area contributed by atoms with Gasteiger partial charge < -0.3 is 14.5 Å². The van der Waals surface area contributed by atoms with Crippen LogP contribution in [0.15, 0.2) is 12.1 Å². The molecule has 2 aliphatic rings. The van der Waals surface area contributed by atoms with Crippen molar-refractivity contribution in [1.29, 1.82) is 0 Å². The van der Waals surface area contributed by atoms with Crippen LogP contribution >= 0.6 is 11.3 Å².